The highest BCUT2D eigenvalue weighted by Gasteiger charge is 2.19. The van der Waals surface area contributed by atoms with Gasteiger partial charge in [0.2, 0.25) is 5.91 Å². The fraction of sp³-hybridized carbons (Fsp3) is 0.158. The minimum Gasteiger partial charge on any atom is -0.465 e. The van der Waals surface area contributed by atoms with E-state index in [0.717, 1.165) is 22.0 Å². The Balaban J connectivity index is 2.23. The number of aromatic amines is 1. The van der Waals surface area contributed by atoms with E-state index < -0.39 is 5.97 Å². The molecule has 0 aliphatic heterocycles. The van der Waals surface area contributed by atoms with Gasteiger partial charge in [0.05, 0.1) is 18.4 Å². The van der Waals surface area contributed by atoms with E-state index in [9.17, 15) is 9.59 Å². The van der Waals surface area contributed by atoms with Gasteiger partial charge in [-0.25, -0.2) is 4.79 Å². The molecule has 0 radical (unpaired) electrons. The minimum atomic E-state index is -0.483. The van der Waals surface area contributed by atoms with Crippen molar-refractivity contribution in [1.82, 2.24) is 4.98 Å². The predicted molar refractivity (Wildman–Crippen MR) is 94.0 cm³/mol. The van der Waals surface area contributed by atoms with Crippen molar-refractivity contribution in [3.63, 3.8) is 0 Å². The van der Waals surface area contributed by atoms with Gasteiger partial charge in [0.15, 0.2) is 0 Å². The Bertz CT molecular complexity index is 912. The van der Waals surface area contributed by atoms with Crippen molar-refractivity contribution in [2.75, 3.05) is 12.4 Å². The first kappa shape index (κ1) is 15.8. The van der Waals surface area contributed by atoms with Crippen molar-refractivity contribution < 1.29 is 14.3 Å². The molecule has 0 bridgehead atoms. The van der Waals surface area contributed by atoms with E-state index in [4.69, 9.17) is 4.74 Å². The topological polar surface area (TPSA) is 71.2 Å². The molecule has 0 fully saturated rings. The van der Waals surface area contributed by atoms with Crippen LogP contribution in [-0.2, 0) is 9.53 Å². The Morgan fingerprint density at radius 2 is 1.88 bits per heavy atom. The van der Waals surface area contributed by atoms with Crippen LogP contribution in [0.4, 0.5) is 5.69 Å². The molecule has 0 saturated heterocycles. The van der Waals surface area contributed by atoms with E-state index in [1.165, 1.54) is 7.11 Å². The van der Waals surface area contributed by atoms with Gasteiger partial charge >= 0.3 is 5.97 Å². The quantitative estimate of drug-likeness (QED) is 0.714. The fourth-order valence-corrected chi connectivity index (χ4v) is 2.71. The molecule has 0 aliphatic carbocycles. The van der Waals surface area contributed by atoms with Crippen LogP contribution in [0.2, 0.25) is 0 Å². The molecule has 3 aromatic rings. The summed E-state index contributed by atoms with van der Waals surface area (Å²) in [5, 5.41) is 3.86. The van der Waals surface area contributed by atoms with E-state index >= 15 is 0 Å². The zero-order valence-electron chi connectivity index (χ0n) is 13.6. The van der Waals surface area contributed by atoms with Crippen LogP contribution >= 0.6 is 0 Å². The normalized spacial score (nSPS) is 10.6. The molecule has 0 saturated carbocycles. The minimum absolute atomic E-state index is 0.160. The zero-order chi connectivity index (χ0) is 17.1. The van der Waals surface area contributed by atoms with Crippen LogP contribution in [-0.4, -0.2) is 24.0 Å². The van der Waals surface area contributed by atoms with Gasteiger partial charge in [0, 0.05) is 34.6 Å². The third-order valence-corrected chi connectivity index (χ3v) is 3.93. The maximum atomic E-state index is 12.1. The molecule has 0 unspecified atom stereocenters. The third kappa shape index (κ3) is 2.76. The number of fused-ring (bicyclic) bond motifs is 1. The highest BCUT2D eigenvalue weighted by Crippen LogP contribution is 2.36. The summed E-state index contributed by atoms with van der Waals surface area (Å²) < 4.78 is 4.85. The van der Waals surface area contributed by atoms with E-state index in [-0.39, 0.29) is 5.91 Å². The third-order valence-electron chi connectivity index (χ3n) is 3.93. The number of amides is 1. The van der Waals surface area contributed by atoms with Gasteiger partial charge in [0.1, 0.15) is 0 Å². The number of esters is 1. The van der Waals surface area contributed by atoms with Gasteiger partial charge in [-0.05, 0) is 12.1 Å². The number of ether oxygens (including phenoxy) is 1. The molecule has 3 rings (SSSR count). The van der Waals surface area contributed by atoms with Crippen molar-refractivity contribution in [3.8, 4) is 11.1 Å². The number of rotatable bonds is 4. The fourth-order valence-electron chi connectivity index (χ4n) is 2.71. The van der Waals surface area contributed by atoms with Crippen LogP contribution in [0, 0.1) is 0 Å². The average Bonchev–Trinajstić information content (AvgIpc) is 3.05. The summed E-state index contributed by atoms with van der Waals surface area (Å²) in [5.41, 5.74) is 3.49. The number of carbonyl (C=O) groups excluding carboxylic acids is 2. The summed E-state index contributed by atoms with van der Waals surface area (Å²) in [6, 6.07) is 13.2. The summed E-state index contributed by atoms with van der Waals surface area (Å²) in [4.78, 5) is 27.3. The van der Waals surface area contributed by atoms with Gasteiger partial charge in [-0.3, -0.25) is 4.79 Å². The number of anilines is 1. The summed E-state index contributed by atoms with van der Waals surface area (Å²) in [6.45, 7) is 1.77. The number of hydrogen-bond acceptors (Lipinski definition) is 3. The lowest BCUT2D eigenvalue weighted by molar-refractivity contribution is -0.115. The first-order valence-electron chi connectivity index (χ1n) is 7.73. The van der Waals surface area contributed by atoms with Crippen LogP contribution in [0.5, 0.6) is 0 Å². The van der Waals surface area contributed by atoms with Gasteiger partial charge < -0.3 is 15.0 Å². The highest BCUT2D eigenvalue weighted by molar-refractivity contribution is 6.08. The number of carbonyl (C=O) groups is 2. The lowest BCUT2D eigenvalue weighted by Crippen LogP contribution is -2.15. The molecule has 1 heterocycles. The van der Waals surface area contributed by atoms with Crippen LogP contribution in [0.1, 0.15) is 23.7 Å². The second-order valence-electron chi connectivity index (χ2n) is 5.37. The average molecular weight is 322 g/mol. The van der Waals surface area contributed by atoms with E-state index in [1.807, 2.05) is 36.5 Å². The van der Waals surface area contributed by atoms with Crippen LogP contribution in [0.25, 0.3) is 22.0 Å². The number of para-hydroxylation sites is 2. The van der Waals surface area contributed by atoms with Gasteiger partial charge in [-0.2, -0.15) is 0 Å². The van der Waals surface area contributed by atoms with Crippen LogP contribution < -0.4 is 5.32 Å². The van der Waals surface area contributed by atoms with Crippen molar-refractivity contribution in [1.29, 1.82) is 0 Å². The predicted octanol–water partition coefficient (Wildman–Crippen LogP) is 3.97. The largest absolute Gasteiger partial charge is 0.465 e. The molecule has 1 amide bonds. The van der Waals surface area contributed by atoms with Crippen molar-refractivity contribution in [2.24, 2.45) is 0 Å². The number of aromatic nitrogens is 1. The smallest absolute Gasteiger partial charge is 0.339 e. The molecule has 0 aliphatic rings. The molecule has 24 heavy (non-hydrogen) atoms. The number of benzene rings is 2. The Labute approximate surface area is 139 Å². The van der Waals surface area contributed by atoms with Crippen LogP contribution in [0.15, 0.2) is 48.7 Å². The van der Waals surface area contributed by atoms with Crippen LogP contribution in [0.3, 0.4) is 0 Å². The summed E-state index contributed by atoms with van der Waals surface area (Å²) >= 11 is 0. The maximum absolute atomic E-state index is 12.1. The van der Waals surface area contributed by atoms with Crippen molar-refractivity contribution >= 4 is 28.5 Å². The second-order valence-corrected chi connectivity index (χ2v) is 5.37. The summed E-state index contributed by atoms with van der Waals surface area (Å²) in [5.74, 6) is -0.643. The van der Waals surface area contributed by atoms with E-state index in [1.54, 1.807) is 19.1 Å². The maximum Gasteiger partial charge on any atom is 0.339 e. The van der Waals surface area contributed by atoms with Crippen molar-refractivity contribution in [2.45, 2.75) is 13.3 Å². The lowest BCUT2D eigenvalue weighted by atomic mass is 9.99. The van der Waals surface area contributed by atoms with E-state index in [2.05, 4.69) is 10.3 Å². The Morgan fingerprint density at radius 1 is 1.08 bits per heavy atom. The molecule has 0 atom stereocenters. The number of methoxy groups -OCH3 is 1. The standard InChI is InChI=1S/C19H18N2O3/c1-3-17(22)21-18-13(8-6-9-14(18)19(23)24-2)15-11-20-16-10-5-4-7-12(15)16/h4-11,20H,3H2,1-2H3,(H,21,22). The zero-order valence-corrected chi connectivity index (χ0v) is 13.6. The monoisotopic (exact) mass is 322 g/mol. The first-order chi connectivity index (χ1) is 11.7. The molecule has 5 heteroatoms. The molecule has 122 valence electrons. The number of hydrogen-bond donors (Lipinski definition) is 2. The van der Waals surface area contributed by atoms with Gasteiger partial charge in [0.25, 0.3) is 0 Å². The molecule has 1 aromatic heterocycles. The molecule has 2 N–H and O–H groups in total. The van der Waals surface area contributed by atoms with E-state index in [0.29, 0.717) is 17.7 Å². The molecule has 2 aromatic carbocycles. The Kier molecular flexibility index (Phi) is 4.33. The molecular formula is C19H18N2O3. The molecular weight excluding hydrogens is 304 g/mol. The summed E-state index contributed by atoms with van der Waals surface area (Å²) in [6.07, 6.45) is 2.20. The number of H-pyrrole nitrogens is 1. The summed E-state index contributed by atoms with van der Waals surface area (Å²) in [7, 11) is 1.33. The SMILES string of the molecule is CCC(=O)Nc1c(C(=O)OC)cccc1-c1c[nH]c2ccccc12. The molecule has 0 spiro atoms. The Morgan fingerprint density at radius 3 is 2.62 bits per heavy atom. The molecule has 5 nitrogen and oxygen atoms in total. The van der Waals surface area contributed by atoms with Gasteiger partial charge in [-0.15, -0.1) is 0 Å². The highest BCUT2D eigenvalue weighted by atomic mass is 16.5. The second kappa shape index (κ2) is 6.58. The first-order valence-corrected chi connectivity index (χ1v) is 7.73. The number of nitrogens with one attached hydrogen (secondary N) is 2. The van der Waals surface area contributed by atoms with Crippen molar-refractivity contribution in [3.05, 3.63) is 54.2 Å². The lowest BCUT2D eigenvalue weighted by Gasteiger charge is -2.14. The Hall–Kier alpha value is -3.08. The van der Waals surface area contributed by atoms with Gasteiger partial charge in [-0.1, -0.05) is 37.3 Å².